The fourth-order valence-electron chi connectivity index (χ4n) is 2.11. The fourth-order valence-corrected chi connectivity index (χ4v) is 2.11. The van der Waals surface area contributed by atoms with E-state index in [-0.39, 0.29) is 11.7 Å². The van der Waals surface area contributed by atoms with Crippen molar-refractivity contribution in [1.82, 2.24) is 5.32 Å². The summed E-state index contributed by atoms with van der Waals surface area (Å²) in [4.78, 5) is 12.2. The van der Waals surface area contributed by atoms with Crippen LogP contribution in [0.4, 0.5) is 15.8 Å². The Morgan fingerprint density at radius 2 is 2.35 bits per heavy atom. The molecule has 1 aliphatic rings. The number of halogens is 1. The van der Waals surface area contributed by atoms with Gasteiger partial charge in [-0.2, -0.15) is 0 Å². The van der Waals surface area contributed by atoms with Crippen LogP contribution < -0.4 is 10.2 Å². The number of nitro benzene ring substituents is 1. The summed E-state index contributed by atoms with van der Waals surface area (Å²) in [6.45, 7) is 1.70. The first-order valence-electron chi connectivity index (χ1n) is 5.47. The standard InChI is InChI=1S/C11H14FN3O2/c1-14(9-4-5-13-7-9)10-3-2-8(12)6-11(10)15(16)17/h2-3,6,9,13H,4-5,7H2,1H3. The minimum atomic E-state index is -0.585. The van der Waals surface area contributed by atoms with Gasteiger partial charge in [0.15, 0.2) is 0 Å². The molecule has 0 bridgehead atoms. The van der Waals surface area contributed by atoms with Crippen molar-refractivity contribution in [2.75, 3.05) is 25.0 Å². The molecule has 1 atom stereocenters. The number of likely N-dealkylation sites (N-methyl/N-ethyl adjacent to an activating group) is 1. The summed E-state index contributed by atoms with van der Waals surface area (Å²) in [5, 5.41) is 14.1. The molecular formula is C11H14FN3O2. The molecule has 1 aromatic carbocycles. The summed E-state index contributed by atoms with van der Waals surface area (Å²) in [5.41, 5.74) is 0.282. The largest absolute Gasteiger partial charge is 0.365 e. The van der Waals surface area contributed by atoms with Gasteiger partial charge in [-0.25, -0.2) is 4.39 Å². The quantitative estimate of drug-likeness (QED) is 0.642. The Balaban J connectivity index is 2.33. The fraction of sp³-hybridized carbons (Fsp3) is 0.455. The zero-order valence-electron chi connectivity index (χ0n) is 9.52. The highest BCUT2D eigenvalue weighted by molar-refractivity contribution is 5.63. The predicted molar refractivity (Wildman–Crippen MR) is 62.7 cm³/mol. The lowest BCUT2D eigenvalue weighted by Gasteiger charge is -2.25. The minimum Gasteiger partial charge on any atom is -0.365 e. The molecule has 0 radical (unpaired) electrons. The number of benzene rings is 1. The second kappa shape index (κ2) is 4.67. The van der Waals surface area contributed by atoms with Gasteiger partial charge < -0.3 is 10.2 Å². The molecule has 0 spiro atoms. The Hall–Kier alpha value is -1.69. The van der Waals surface area contributed by atoms with Crippen LogP contribution in [0.1, 0.15) is 6.42 Å². The zero-order chi connectivity index (χ0) is 12.4. The first-order valence-corrected chi connectivity index (χ1v) is 5.47. The van der Waals surface area contributed by atoms with Crippen LogP contribution in [0.3, 0.4) is 0 Å². The molecule has 1 N–H and O–H groups in total. The van der Waals surface area contributed by atoms with Gasteiger partial charge in [0, 0.05) is 19.6 Å². The number of hydrogen-bond donors (Lipinski definition) is 1. The second-order valence-electron chi connectivity index (χ2n) is 4.15. The van der Waals surface area contributed by atoms with E-state index >= 15 is 0 Å². The lowest BCUT2D eigenvalue weighted by atomic mass is 10.2. The van der Waals surface area contributed by atoms with Crippen molar-refractivity contribution < 1.29 is 9.31 Å². The van der Waals surface area contributed by atoms with E-state index in [1.807, 2.05) is 4.90 Å². The zero-order valence-corrected chi connectivity index (χ0v) is 9.52. The Morgan fingerprint density at radius 3 is 2.94 bits per heavy atom. The Labute approximate surface area is 98.4 Å². The molecule has 1 aliphatic heterocycles. The molecule has 92 valence electrons. The third-order valence-electron chi connectivity index (χ3n) is 3.10. The van der Waals surface area contributed by atoms with Crippen LogP contribution >= 0.6 is 0 Å². The summed E-state index contributed by atoms with van der Waals surface area (Å²) in [7, 11) is 1.80. The van der Waals surface area contributed by atoms with Crippen LogP contribution in [0.15, 0.2) is 18.2 Å². The Kier molecular flexibility index (Phi) is 3.23. The molecule has 0 aromatic heterocycles. The van der Waals surface area contributed by atoms with E-state index in [4.69, 9.17) is 0 Å². The van der Waals surface area contributed by atoms with Crippen molar-refractivity contribution in [2.24, 2.45) is 0 Å². The molecule has 0 aliphatic carbocycles. The van der Waals surface area contributed by atoms with Crippen molar-refractivity contribution in [2.45, 2.75) is 12.5 Å². The van der Waals surface area contributed by atoms with Gasteiger partial charge in [0.2, 0.25) is 0 Å². The molecule has 0 amide bonds. The highest BCUT2D eigenvalue weighted by Gasteiger charge is 2.25. The monoisotopic (exact) mass is 239 g/mol. The SMILES string of the molecule is CN(c1ccc(F)cc1[N+](=O)[O-])C1CCNC1. The Morgan fingerprint density at radius 1 is 1.59 bits per heavy atom. The lowest BCUT2D eigenvalue weighted by Crippen LogP contribution is -2.33. The minimum absolute atomic E-state index is 0.181. The maximum absolute atomic E-state index is 13.0. The number of hydrogen-bond acceptors (Lipinski definition) is 4. The molecule has 5 nitrogen and oxygen atoms in total. The predicted octanol–water partition coefficient (Wildman–Crippen LogP) is 1.53. The van der Waals surface area contributed by atoms with Gasteiger partial charge in [-0.05, 0) is 25.1 Å². The Bertz CT molecular complexity index is 433. The van der Waals surface area contributed by atoms with Crippen LogP contribution in [0.25, 0.3) is 0 Å². The third-order valence-corrected chi connectivity index (χ3v) is 3.10. The summed E-state index contributed by atoms with van der Waals surface area (Å²) in [5.74, 6) is -0.585. The van der Waals surface area contributed by atoms with Gasteiger partial charge in [-0.1, -0.05) is 0 Å². The van der Waals surface area contributed by atoms with Gasteiger partial charge in [-0.3, -0.25) is 10.1 Å². The molecule has 1 fully saturated rings. The maximum Gasteiger partial charge on any atom is 0.295 e. The van der Waals surface area contributed by atoms with Crippen LogP contribution in [0, 0.1) is 15.9 Å². The molecule has 0 saturated carbocycles. The number of anilines is 1. The highest BCUT2D eigenvalue weighted by atomic mass is 19.1. The molecule has 1 aromatic rings. The van der Waals surface area contributed by atoms with Gasteiger partial charge in [0.1, 0.15) is 11.5 Å². The number of nitrogens with one attached hydrogen (secondary N) is 1. The summed E-state index contributed by atoms with van der Waals surface area (Å²) >= 11 is 0. The second-order valence-corrected chi connectivity index (χ2v) is 4.15. The van der Waals surface area contributed by atoms with Gasteiger partial charge >= 0.3 is 0 Å². The van der Waals surface area contributed by atoms with Crippen molar-refractivity contribution in [1.29, 1.82) is 0 Å². The van der Waals surface area contributed by atoms with Crippen molar-refractivity contribution in [3.05, 3.63) is 34.1 Å². The topological polar surface area (TPSA) is 58.4 Å². The molecule has 1 saturated heterocycles. The van der Waals surface area contributed by atoms with Gasteiger partial charge in [-0.15, -0.1) is 0 Å². The van der Waals surface area contributed by atoms with E-state index in [1.54, 1.807) is 7.05 Å². The van der Waals surface area contributed by atoms with E-state index in [0.717, 1.165) is 25.6 Å². The average Bonchev–Trinajstić information content (AvgIpc) is 2.81. The van der Waals surface area contributed by atoms with E-state index in [0.29, 0.717) is 5.69 Å². The summed E-state index contributed by atoms with van der Waals surface area (Å²) < 4.78 is 13.0. The van der Waals surface area contributed by atoms with Gasteiger partial charge in [0.25, 0.3) is 5.69 Å². The van der Waals surface area contributed by atoms with Gasteiger partial charge in [0.05, 0.1) is 11.0 Å². The molecular weight excluding hydrogens is 225 g/mol. The van der Waals surface area contributed by atoms with E-state index in [1.165, 1.54) is 12.1 Å². The van der Waals surface area contributed by atoms with Crippen LogP contribution in [0.5, 0.6) is 0 Å². The lowest BCUT2D eigenvalue weighted by molar-refractivity contribution is -0.384. The average molecular weight is 239 g/mol. The number of nitro groups is 1. The first-order chi connectivity index (χ1) is 8.09. The van der Waals surface area contributed by atoms with Crippen molar-refractivity contribution in [3.8, 4) is 0 Å². The van der Waals surface area contributed by atoms with Crippen LogP contribution in [-0.2, 0) is 0 Å². The third kappa shape index (κ3) is 2.36. The number of rotatable bonds is 3. The molecule has 1 unspecified atom stereocenters. The highest BCUT2D eigenvalue weighted by Crippen LogP contribution is 2.30. The smallest absolute Gasteiger partial charge is 0.295 e. The first kappa shape index (κ1) is 11.8. The van der Waals surface area contributed by atoms with E-state index in [2.05, 4.69) is 5.32 Å². The maximum atomic E-state index is 13.0. The van der Waals surface area contributed by atoms with E-state index in [9.17, 15) is 14.5 Å². The summed E-state index contributed by atoms with van der Waals surface area (Å²) in [6.07, 6.45) is 0.936. The van der Waals surface area contributed by atoms with Crippen LogP contribution in [-0.4, -0.2) is 31.1 Å². The normalized spacial score (nSPS) is 19.3. The van der Waals surface area contributed by atoms with Crippen LogP contribution in [0.2, 0.25) is 0 Å². The molecule has 2 rings (SSSR count). The van der Waals surface area contributed by atoms with Crippen molar-refractivity contribution >= 4 is 11.4 Å². The van der Waals surface area contributed by atoms with E-state index < -0.39 is 10.7 Å². The molecule has 1 heterocycles. The number of nitrogens with zero attached hydrogens (tertiary/aromatic N) is 2. The molecule has 17 heavy (non-hydrogen) atoms. The summed E-state index contributed by atoms with van der Waals surface area (Å²) in [6, 6.07) is 3.90. The molecule has 6 heteroatoms. The van der Waals surface area contributed by atoms with Crippen molar-refractivity contribution in [3.63, 3.8) is 0 Å².